The molecule has 0 saturated heterocycles. The van der Waals surface area contributed by atoms with Gasteiger partial charge in [-0.15, -0.1) is 0 Å². The van der Waals surface area contributed by atoms with Crippen molar-refractivity contribution in [1.29, 1.82) is 0 Å². The van der Waals surface area contributed by atoms with E-state index in [2.05, 4.69) is 127 Å². The summed E-state index contributed by atoms with van der Waals surface area (Å²) in [5, 5.41) is 2.29. The summed E-state index contributed by atoms with van der Waals surface area (Å²) in [6, 6.07) is 21.7. The number of rotatable bonds is 2. The molecule has 0 unspecified atom stereocenters. The van der Waals surface area contributed by atoms with E-state index in [1.165, 1.54) is 5.56 Å². The van der Waals surface area contributed by atoms with E-state index < -0.39 is 0 Å². The van der Waals surface area contributed by atoms with Crippen LogP contribution in [0.15, 0.2) is 71.3 Å². The minimum Gasteiger partial charge on any atom is -0.454 e. The van der Waals surface area contributed by atoms with Crippen molar-refractivity contribution in [3.63, 3.8) is 0 Å². The Morgan fingerprint density at radius 1 is 0.743 bits per heavy atom. The number of aromatic nitrogens is 2. The first-order valence-electron chi connectivity index (χ1n) is 12.4. The molecule has 2 aromatic carbocycles. The van der Waals surface area contributed by atoms with Crippen LogP contribution < -0.4 is 4.57 Å². The minimum atomic E-state index is -0.0515. The number of nitrogens with zero attached hydrogens (tertiary/aromatic N) is 2. The van der Waals surface area contributed by atoms with Gasteiger partial charge in [0.1, 0.15) is 18.2 Å². The average Bonchev–Trinajstić information content (AvgIpc) is 3.17. The molecule has 0 atom stereocenters. The standard InChI is InChI=1S/C32H35N2O/c1-20-15-16-24-23-13-11-12-22(21-18-26(31(2,3)4)33-27(19-21)32(5,6)7)29(23)35-30(24)28(20)25-14-9-10-17-34(25)8/h9-19H,1-8H3/q+1. The zero-order chi connectivity index (χ0) is 25.1. The van der Waals surface area contributed by atoms with E-state index in [1.54, 1.807) is 0 Å². The van der Waals surface area contributed by atoms with E-state index in [1.807, 2.05) is 0 Å². The molecule has 3 heteroatoms. The van der Waals surface area contributed by atoms with E-state index in [0.29, 0.717) is 0 Å². The van der Waals surface area contributed by atoms with Gasteiger partial charge in [-0.25, -0.2) is 4.57 Å². The number of hydrogen-bond acceptors (Lipinski definition) is 2. The van der Waals surface area contributed by atoms with Gasteiger partial charge in [-0.1, -0.05) is 71.9 Å². The predicted molar refractivity (Wildman–Crippen MR) is 146 cm³/mol. The van der Waals surface area contributed by atoms with Crippen LogP contribution >= 0.6 is 0 Å². The van der Waals surface area contributed by atoms with E-state index in [0.717, 1.165) is 55.7 Å². The van der Waals surface area contributed by atoms with Gasteiger partial charge in [-0.3, -0.25) is 4.98 Å². The lowest BCUT2D eigenvalue weighted by Crippen LogP contribution is -2.30. The van der Waals surface area contributed by atoms with Crippen LogP contribution in [0.2, 0.25) is 0 Å². The lowest BCUT2D eigenvalue weighted by Gasteiger charge is -2.25. The molecule has 0 fully saturated rings. The maximum Gasteiger partial charge on any atom is 0.216 e. The van der Waals surface area contributed by atoms with Gasteiger partial charge < -0.3 is 4.42 Å². The number of benzene rings is 2. The van der Waals surface area contributed by atoms with Gasteiger partial charge >= 0.3 is 0 Å². The van der Waals surface area contributed by atoms with Crippen molar-refractivity contribution in [3.05, 3.63) is 83.8 Å². The molecule has 178 valence electrons. The van der Waals surface area contributed by atoms with E-state index in [-0.39, 0.29) is 10.8 Å². The van der Waals surface area contributed by atoms with Gasteiger partial charge in [-0.2, -0.15) is 0 Å². The van der Waals surface area contributed by atoms with Crippen LogP contribution in [0.4, 0.5) is 0 Å². The second-order valence-corrected chi connectivity index (χ2v) is 11.7. The predicted octanol–water partition coefficient (Wildman–Crippen LogP) is 8.04. The Hall–Kier alpha value is -3.46. The van der Waals surface area contributed by atoms with Crippen molar-refractivity contribution >= 4 is 21.9 Å². The SMILES string of the molecule is Cc1ccc2c(oc3c(-c4cc(C(C)(C)C)nc(C(C)(C)C)c4)cccc32)c1-c1cccc[n+]1C. The Morgan fingerprint density at radius 3 is 2.03 bits per heavy atom. The second kappa shape index (κ2) is 8.05. The highest BCUT2D eigenvalue weighted by Gasteiger charge is 2.25. The molecule has 0 radical (unpaired) electrons. The van der Waals surface area contributed by atoms with Crippen molar-refractivity contribution in [3.8, 4) is 22.4 Å². The lowest BCUT2D eigenvalue weighted by molar-refractivity contribution is -0.660. The highest BCUT2D eigenvalue weighted by atomic mass is 16.3. The summed E-state index contributed by atoms with van der Waals surface area (Å²) in [6.07, 6.45) is 2.08. The van der Waals surface area contributed by atoms with Crippen molar-refractivity contribution in [2.24, 2.45) is 7.05 Å². The van der Waals surface area contributed by atoms with Crippen LogP contribution in [0.25, 0.3) is 44.3 Å². The number of furan rings is 1. The van der Waals surface area contributed by atoms with Crippen LogP contribution in [0.3, 0.4) is 0 Å². The monoisotopic (exact) mass is 463 g/mol. The molecule has 3 heterocycles. The highest BCUT2D eigenvalue weighted by Crippen LogP contribution is 2.41. The molecule has 5 rings (SSSR count). The molecule has 0 saturated carbocycles. The molecular weight excluding hydrogens is 428 g/mol. The Labute approximate surface area is 208 Å². The molecule has 3 nitrogen and oxygen atoms in total. The first-order valence-corrected chi connectivity index (χ1v) is 12.4. The molecule has 3 aromatic heterocycles. The van der Waals surface area contributed by atoms with E-state index in [4.69, 9.17) is 9.40 Å². The minimum absolute atomic E-state index is 0.0515. The molecule has 0 amide bonds. The van der Waals surface area contributed by atoms with Crippen molar-refractivity contribution in [1.82, 2.24) is 4.98 Å². The molecule has 0 spiro atoms. The van der Waals surface area contributed by atoms with Gasteiger partial charge in [0.15, 0.2) is 6.20 Å². The summed E-state index contributed by atoms with van der Waals surface area (Å²) in [7, 11) is 2.08. The Kier molecular flexibility index (Phi) is 5.36. The van der Waals surface area contributed by atoms with Gasteiger partial charge in [0.05, 0.1) is 5.56 Å². The van der Waals surface area contributed by atoms with Crippen LogP contribution in [0.1, 0.15) is 58.5 Å². The Balaban J connectivity index is 1.84. The molecule has 0 aliphatic heterocycles. The smallest absolute Gasteiger partial charge is 0.216 e. The van der Waals surface area contributed by atoms with Crippen LogP contribution in [0, 0.1) is 6.92 Å². The second-order valence-electron chi connectivity index (χ2n) is 11.7. The van der Waals surface area contributed by atoms with Gasteiger partial charge in [0, 0.05) is 50.7 Å². The largest absolute Gasteiger partial charge is 0.454 e. The first kappa shape index (κ1) is 23.3. The summed E-state index contributed by atoms with van der Waals surface area (Å²) in [6.45, 7) is 15.5. The number of pyridine rings is 2. The number of hydrogen-bond donors (Lipinski definition) is 0. The Bertz CT molecular complexity index is 1540. The van der Waals surface area contributed by atoms with Crippen LogP contribution in [-0.4, -0.2) is 4.98 Å². The quantitative estimate of drug-likeness (QED) is 0.248. The van der Waals surface area contributed by atoms with E-state index >= 15 is 0 Å². The fourth-order valence-corrected chi connectivity index (χ4v) is 4.74. The number of fused-ring (bicyclic) bond motifs is 3. The molecule has 0 N–H and O–H groups in total. The maximum atomic E-state index is 6.78. The van der Waals surface area contributed by atoms with Crippen molar-refractivity contribution in [2.45, 2.75) is 59.3 Å². The molecule has 0 aliphatic rings. The maximum absolute atomic E-state index is 6.78. The summed E-state index contributed by atoms with van der Waals surface area (Å²) in [4.78, 5) is 5.07. The average molecular weight is 464 g/mol. The lowest BCUT2D eigenvalue weighted by atomic mass is 9.85. The Morgan fingerprint density at radius 2 is 1.40 bits per heavy atom. The fraction of sp³-hybridized carbons (Fsp3) is 0.312. The molecule has 0 aliphatic carbocycles. The van der Waals surface area contributed by atoms with Gasteiger partial charge in [-0.05, 0) is 36.2 Å². The number of para-hydroxylation sites is 1. The van der Waals surface area contributed by atoms with Crippen LogP contribution in [-0.2, 0) is 17.9 Å². The van der Waals surface area contributed by atoms with E-state index in [9.17, 15) is 0 Å². The molecular formula is C32H35N2O+. The van der Waals surface area contributed by atoms with Crippen molar-refractivity contribution < 1.29 is 8.98 Å². The zero-order valence-corrected chi connectivity index (χ0v) is 22.2. The molecule has 35 heavy (non-hydrogen) atoms. The third kappa shape index (κ3) is 4.03. The first-order chi connectivity index (χ1) is 16.4. The third-order valence-corrected chi connectivity index (χ3v) is 6.86. The highest BCUT2D eigenvalue weighted by molar-refractivity contribution is 6.13. The topological polar surface area (TPSA) is 29.9 Å². The fourth-order valence-electron chi connectivity index (χ4n) is 4.74. The number of aryl methyl sites for hydroxylation is 2. The van der Waals surface area contributed by atoms with Crippen molar-refractivity contribution in [2.75, 3.05) is 0 Å². The summed E-state index contributed by atoms with van der Waals surface area (Å²) >= 11 is 0. The zero-order valence-electron chi connectivity index (χ0n) is 22.2. The summed E-state index contributed by atoms with van der Waals surface area (Å²) < 4.78 is 8.93. The molecule has 0 bridgehead atoms. The normalized spacial score (nSPS) is 12.6. The molecule has 5 aromatic rings. The summed E-state index contributed by atoms with van der Waals surface area (Å²) in [5.41, 5.74) is 9.72. The third-order valence-electron chi connectivity index (χ3n) is 6.86. The van der Waals surface area contributed by atoms with Crippen LogP contribution in [0.5, 0.6) is 0 Å². The summed E-state index contributed by atoms with van der Waals surface area (Å²) in [5.74, 6) is 0. The van der Waals surface area contributed by atoms with Gasteiger partial charge in [0.25, 0.3) is 0 Å². The van der Waals surface area contributed by atoms with Gasteiger partial charge in [0.2, 0.25) is 5.69 Å².